The third-order valence-electron chi connectivity index (χ3n) is 6.26. The van der Waals surface area contributed by atoms with Gasteiger partial charge in [0.1, 0.15) is 18.3 Å². The van der Waals surface area contributed by atoms with E-state index in [1.54, 1.807) is 49.4 Å². The summed E-state index contributed by atoms with van der Waals surface area (Å²) >= 11 is 12.4. The molecule has 2 aromatic carbocycles. The molecule has 0 saturated heterocycles. The van der Waals surface area contributed by atoms with E-state index in [1.165, 1.54) is 12.0 Å². The van der Waals surface area contributed by atoms with Crippen molar-refractivity contribution in [2.75, 3.05) is 24.2 Å². The summed E-state index contributed by atoms with van der Waals surface area (Å²) in [4.78, 5) is 28.0. The normalized spacial score (nSPS) is 14.8. The van der Waals surface area contributed by atoms with E-state index in [2.05, 4.69) is 5.32 Å². The van der Waals surface area contributed by atoms with Gasteiger partial charge in [-0.3, -0.25) is 13.9 Å². The van der Waals surface area contributed by atoms with Gasteiger partial charge in [0.2, 0.25) is 21.8 Å². The third kappa shape index (κ3) is 7.27. The third-order valence-corrected chi connectivity index (χ3v) is 7.99. The van der Waals surface area contributed by atoms with E-state index >= 15 is 0 Å². The fourth-order valence-corrected chi connectivity index (χ4v) is 5.49. The van der Waals surface area contributed by atoms with Crippen molar-refractivity contribution in [1.82, 2.24) is 10.2 Å². The molecular weight excluding hydrogens is 525 g/mol. The van der Waals surface area contributed by atoms with Crippen molar-refractivity contribution < 1.29 is 22.7 Å². The van der Waals surface area contributed by atoms with Crippen molar-refractivity contribution in [3.05, 3.63) is 58.1 Å². The number of hydrogen-bond acceptors (Lipinski definition) is 5. The molecule has 8 nitrogen and oxygen atoms in total. The molecule has 2 amide bonds. The van der Waals surface area contributed by atoms with Crippen LogP contribution in [0.15, 0.2) is 42.5 Å². The van der Waals surface area contributed by atoms with E-state index in [9.17, 15) is 18.0 Å². The number of carbonyl (C=O) groups excluding carboxylic acids is 2. The molecule has 0 aromatic heterocycles. The van der Waals surface area contributed by atoms with Crippen molar-refractivity contribution in [3.8, 4) is 5.75 Å². The van der Waals surface area contributed by atoms with Gasteiger partial charge in [-0.05, 0) is 61.7 Å². The lowest BCUT2D eigenvalue weighted by molar-refractivity contribution is -0.139. The average Bonchev–Trinajstić information content (AvgIpc) is 3.34. The molecule has 1 aliphatic rings. The summed E-state index contributed by atoms with van der Waals surface area (Å²) in [6.45, 7) is 1.15. The summed E-state index contributed by atoms with van der Waals surface area (Å²) < 4.78 is 31.4. The van der Waals surface area contributed by atoms with E-state index < -0.39 is 28.5 Å². The topological polar surface area (TPSA) is 96.0 Å². The van der Waals surface area contributed by atoms with Gasteiger partial charge in [-0.25, -0.2) is 8.42 Å². The van der Waals surface area contributed by atoms with Crippen molar-refractivity contribution in [1.29, 1.82) is 0 Å². The van der Waals surface area contributed by atoms with Crippen molar-refractivity contribution >= 4 is 50.7 Å². The zero-order valence-corrected chi connectivity index (χ0v) is 22.9. The molecule has 1 atom stereocenters. The van der Waals surface area contributed by atoms with E-state index in [-0.39, 0.29) is 18.5 Å². The van der Waals surface area contributed by atoms with Crippen LogP contribution in [-0.4, -0.2) is 57.1 Å². The number of sulfonamides is 1. The highest BCUT2D eigenvalue weighted by Gasteiger charge is 2.31. The Labute approximate surface area is 222 Å². The summed E-state index contributed by atoms with van der Waals surface area (Å²) in [7, 11) is -2.31. The molecule has 0 aliphatic heterocycles. The van der Waals surface area contributed by atoms with Gasteiger partial charge in [0.25, 0.3) is 0 Å². The molecule has 1 unspecified atom stereocenters. The first-order valence-corrected chi connectivity index (χ1v) is 14.3. The molecule has 0 heterocycles. The van der Waals surface area contributed by atoms with Gasteiger partial charge in [0.05, 0.1) is 19.1 Å². The minimum absolute atomic E-state index is 0.00824. The van der Waals surface area contributed by atoms with E-state index in [0.29, 0.717) is 27.0 Å². The van der Waals surface area contributed by atoms with E-state index in [4.69, 9.17) is 27.9 Å². The Morgan fingerprint density at radius 3 is 2.31 bits per heavy atom. The van der Waals surface area contributed by atoms with Gasteiger partial charge < -0.3 is 15.0 Å². The Morgan fingerprint density at radius 2 is 1.75 bits per heavy atom. The molecule has 1 N–H and O–H groups in total. The smallest absolute Gasteiger partial charge is 0.244 e. The maximum Gasteiger partial charge on any atom is 0.244 e. The largest absolute Gasteiger partial charge is 0.497 e. The van der Waals surface area contributed by atoms with Crippen molar-refractivity contribution in [2.45, 2.75) is 51.2 Å². The molecule has 1 saturated carbocycles. The van der Waals surface area contributed by atoms with Crippen LogP contribution in [0.2, 0.25) is 10.0 Å². The highest BCUT2D eigenvalue weighted by Crippen LogP contribution is 2.25. The van der Waals surface area contributed by atoms with E-state index in [1.807, 2.05) is 0 Å². The summed E-state index contributed by atoms with van der Waals surface area (Å²) in [6, 6.07) is 10.4. The lowest BCUT2D eigenvalue weighted by atomic mass is 10.1. The number of ether oxygens (including phenoxy) is 1. The predicted octanol–water partition coefficient (Wildman–Crippen LogP) is 4.24. The van der Waals surface area contributed by atoms with Gasteiger partial charge in [-0.15, -0.1) is 0 Å². The predicted molar refractivity (Wildman–Crippen MR) is 142 cm³/mol. The number of methoxy groups -OCH3 is 1. The Bertz CT molecular complexity index is 1180. The van der Waals surface area contributed by atoms with Crippen LogP contribution in [0.5, 0.6) is 5.75 Å². The minimum atomic E-state index is -3.82. The summed E-state index contributed by atoms with van der Waals surface area (Å²) in [6.07, 6.45) is 4.92. The van der Waals surface area contributed by atoms with Crippen molar-refractivity contribution in [3.63, 3.8) is 0 Å². The molecule has 0 spiro atoms. The van der Waals surface area contributed by atoms with Gasteiger partial charge in [-0.2, -0.15) is 0 Å². The van der Waals surface area contributed by atoms with Crippen LogP contribution in [-0.2, 0) is 26.2 Å². The van der Waals surface area contributed by atoms with Crippen LogP contribution in [0.25, 0.3) is 0 Å². The molecule has 36 heavy (non-hydrogen) atoms. The second-order valence-electron chi connectivity index (χ2n) is 8.89. The van der Waals surface area contributed by atoms with Crippen LogP contribution in [0.1, 0.15) is 38.2 Å². The quantitative estimate of drug-likeness (QED) is 0.472. The molecule has 2 aromatic rings. The molecule has 196 valence electrons. The molecule has 0 bridgehead atoms. The number of carbonyl (C=O) groups is 2. The number of rotatable bonds is 10. The van der Waals surface area contributed by atoms with Crippen LogP contribution < -0.4 is 14.4 Å². The number of nitrogens with one attached hydrogen (secondary N) is 1. The lowest BCUT2D eigenvalue weighted by Gasteiger charge is -2.32. The SMILES string of the molecule is COc1ccc(N(CC(=O)N(Cc2ccc(Cl)cc2Cl)C(C)C(=O)NC2CCCC2)S(C)(=O)=O)cc1. The van der Waals surface area contributed by atoms with Gasteiger partial charge >= 0.3 is 0 Å². The number of hydrogen-bond donors (Lipinski definition) is 1. The Kier molecular flexibility index (Phi) is 9.49. The first-order valence-electron chi connectivity index (χ1n) is 11.6. The average molecular weight is 557 g/mol. The number of benzene rings is 2. The van der Waals surface area contributed by atoms with Crippen LogP contribution in [0.3, 0.4) is 0 Å². The van der Waals surface area contributed by atoms with Gasteiger partial charge in [0, 0.05) is 22.6 Å². The van der Waals surface area contributed by atoms with Crippen molar-refractivity contribution in [2.24, 2.45) is 0 Å². The maximum absolute atomic E-state index is 13.6. The second-order valence-corrected chi connectivity index (χ2v) is 11.6. The van der Waals surface area contributed by atoms with Gasteiger partial charge in [-0.1, -0.05) is 42.1 Å². The van der Waals surface area contributed by atoms with E-state index in [0.717, 1.165) is 36.2 Å². The molecule has 1 aliphatic carbocycles. The number of nitrogens with zero attached hydrogens (tertiary/aromatic N) is 2. The maximum atomic E-state index is 13.6. The number of amides is 2. The highest BCUT2D eigenvalue weighted by atomic mass is 35.5. The Balaban J connectivity index is 1.89. The standard InChI is InChI=1S/C25H31Cl2N3O5S/c1-17(25(32)28-20-6-4-5-7-20)29(15-18-8-9-19(26)14-23(18)27)24(31)16-30(36(3,33)34)21-10-12-22(35-2)13-11-21/h8-14,17,20H,4-7,15-16H2,1-3H3,(H,28,32). The fraction of sp³-hybridized carbons (Fsp3) is 0.440. The summed E-state index contributed by atoms with van der Waals surface area (Å²) in [5.41, 5.74) is 0.893. The monoisotopic (exact) mass is 555 g/mol. The fourth-order valence-electron chi connectivity index (χ4n) is 4.17. The lowest BCUT2D eigenvalue weighted by Crippen LogP contribution is -2.52. The van der Waals surface area contributed by atoms with Crippen LogP contribution >= 0.6 is 23.2 Å². The molecule has 1 fully saturated rings. The summed E-state index contributed by atoms with van der Waals surface area (Å²) in [5.74, 6) is -0.290. The number of halogens is 2. The second kappa shape index (κ2) is 12.2. The zero-order valence-electron chi connectivity index (χ0n) is 20.5. The van der Waals surface area contributed by atoms with Gasteiger partial charge in [0.15, 0.2) is 0 Å². The first kappa shape index (κ1) is 28.1. The number of anilines is 1. The molecular formula is C25H31Cl2N3O5S. The molecule has 3 rings (SSSR count). The van der Waals surface area contributed by atoms with Crippen LogP contribution in [0, 0.1) is 0 Å². The Morgan fingerprint density at radius 1 is 1.11 bits per heavy atom. The minimum Gasteiger partial charge on any atom is -0.497 e. The highest BCUT2D eigenvalue weighted by molar-refractivity contribution is 7.92. The Hall–Kier alpha value is -2.49. The first-order chi connectivity index (χ1) is 17.0. The molecule has 11 heteroatoms. The summed E-state index contributed by atoms with van der Waals surface area (Å²) in [5, 5.41) is 3.81. The van der Waals surface area contributed by atoms with Crippen LogP contribution in [0.4, 0.5) is 5.69 Å². The zero-order chi connectivity index (χ0) is 26.5. The molecule has 0 radical (unpaired) electrons.